The molecule has 0 atom stereocenters. The second-order valence-corrected chi connectivity index (χ2v) is 5.61. The van der Waals surface area contributed by atoms with Crippen LogP contribution in [0.2, 0.25) is 0 Å². The predicted octanol–water partition coefficient (Wildman–Crippen LogP) is 1.29. The lowest BCUT2D eigenvalue weighted by molar-refractivity contribution is -0.385. The summed E-state index contributed by atoms with van der Waals surface area (Å²) in [6, 6.07) is 11.8. The normalized spacial score (nSPS) is 9.69. The Hall–Kier alpha value is -5.64. The SMILES string of the molecule is N#Cc1cccc([N+](=O)[O-])c1C#N.O=[N+]([O-])c1cccc(-c2nn[nH]n2)c1-c1nn[nH]n1. The first-order valence-corrected chi connectivity index (χ1v) is 8.30. The van der Waals surface area contributed by atoms with Crippen molar-refractivity contribution in [1.82, 2.24) is 41.2 Å². The number of nitro benzene ring substituents is 2. The van der Waals surface area contributed by atoms with Crippen molar-refractivity contribution >= 4 is 11.4 Å². The van der Waals surface area contributed by atoms with E-state index >= 15 is 0 Å². The maximum atomic E-state index is 11.1. The molecule has 2 aromatic heterocycles. The number of nitro groups is 2. The molecule has 0 aliphatic rings. The molecule has 0 fully saturated rings. The number of nitrogens with one attached hydrogen (secondary N) is 2. The first-order chi connectivity index (χ1) is 15.5. The third kappa shape index (κ3) is 4.18. The van der Waals surface area contributed by atoms with Gasteiger partial charge in [0.1, 0.15) is 23.3 Å². The number of rotatable bonds is 4. The van der Waals surface area contributed by atoms with Crippen molar-refractivity contribution in [3.05, 3.63) is 67.8 Å². The number of hydrogen-bond acceptors (Lipinski definition) is 12. The Morgan fingerprint density at radius 3 is 1.94 bits per heavy atom. The van der Waals surface area contributed by atoms with Gasteiger partial charge in [0, 0.05) is 17.7 Å². The van der Waals surface area contributed by atoms with Gasteiger partial charge in [0.05, 0.1) is 15.4 Å². The third-order valence-corrected chi connectivity index (χ3v) is 3.87. The van der Waals surface area contributed by atoms with Crippen molar-refractivity contribution in [3.63, 3.8) is 0 Å². The van der Waals surface area contributed by atoms with Crippen molar-refractivity contribution in [3.8, 4) is 34.9 Å². The van der Waals surface area contributed by atoms with Gasteiger partial charge in [0.25, 0.3) is 11.4 Å². The highest BCUT2D eigenvalue weighted by Crippen LogP contribution is 2.35. The molecule has 156 valence electrons. The van der Waals surface area contributed by atoms with Crippen molar-refractivity contribution in [2.75, 3.05) is 0 Å². The monoisotopic (exact) mass is 432 g/mol. The Morgan fingerprint density at radius 2 is 1.41 bits per heavy atom. The van der Waals surface area contributed by atoms with E-state index in [9.17, 15) is 20.2 Å². The van der Waals surface area contributed by atoms with Crippen LogP contribution in [-0.4, -0.2) is 51.1 Å². The van der Waals surface area contributed by atoms with E-state index in [2.05, 4.69) is 41.2 Å². The van der Waals surface area contributed by atoms with Crippen LogP contribution >= 0.6 is 0 Å². The van der Waals surface area contributed by atoms with E-state index < -0.39 is 9.85 Å². The van der Waals surface area contributed by atoms with Gasteiger partial charge < -0.3 is 0 Å². The van der Waals surface area contributed by atoms with Gasteiger partial charge in [0.2, 0.25) is 11.6 Å². The van der Waals surface area contributed by atoms with Crippen LogP contribution in [0.5, 0.6) is 0 Å². The molecule has 4 aromatic rings. The van der Waals surface area contributed by atoms with E-state index in [1.54, 1.807) is 18.2 Å². The Morgan fingerprint density at radius 1 is 0.812 bits per heavy atom. The number of aromatic nitrogens is 8. The van der Waals surface area contributed by atoms with E-state index in [0.29, 0.717) is 5.56 Å². The van der Waals surface area contributed by atoms with E-state index in [-0.39, 0.29) is 39.7 Å². The number of benzene rings is 2. The minimum absolute atomic E-state index is 0.0247. The summed E-state index contributed by atoms with van der Waals surface area (Å²) in [5, 5.41) is 65.1. The molecule has 0 saturated heterocycles. The van der Waals surface area contributed by atoms with E-state index in [1.165, 1.54) is 30.3 Å². The zero-order valence-electron chi connectivity index (χ0n) is 15.6. The number of H-pyrrole nitrogens is 2. The first-order valence-electron chi connectivity index (χ1n) is 8.30. The summed E-state index contributed by atoms with van der Waals surface area (Å²) < 4.78 is 0. The van der Waals surface area contributed by atoms with Crippen LogP contribution in [-0.2, 0) is 0 Å². The predicted molar refractivity (Wildman–Crippen MR) is 102 cm³/mol. The van der Waals surface area contributed by atoms with Crippen molar-refractivity contribution in [1.29, 1.82) is 10.5 Å². The van der Waals surface area contributed by atoms with Crippen LogP contribution in [0.1, 0.15) is 11.1 Å². The lowest BCUT2D eigenvalue weighted by atomic mass is 10.0. The Labute approximate surface area is 176 Å². The highest BCUT2D eigenvalue weighted by molar-refractivity contribution is 5.83. The number of nitriles is 2. The summed E-state index contributed by atoms with van der Waals surface area (Å²) in [5.74, 6) is 0.301. The molecule has 16 heteroatoms. The lowest BCUT2D eigenvalue weighted by Gasteiger charge is -2.02. The molecule has 0 saturated carbocycles. The number of aromatic amines is 2. The van der Waals surface area contributed by atoms with Gasteiger partial charge in [-0.3, -0.25) is 20.2 Å². The van der Waals surface area contributed by atoms with Gasteiger partial charge in [-0.25, -0.2) is 0 Å². The largest absolute Gasteiger partial charge is 0.288 e. The topological polar surface area (TPSA) is 243 Å². The Balaban J connectivity index is 0.000000195. The molecular formula is C16H8N12O4. The molecule has 0 aliphatic carbocycles. The minimum atomic E-state index is -0.681. The summed E-state index contributed by atoms with van der Waals surface area (Å²) >= 11 is 0. The highest BCUT2D eigenvalue weighted by Gasteiger charge is 2.25. The van der Waals surface area contributed by atoms with E-state index in [1.807, 2.05) is 0 Å². The molecule has 0 radical (unpaired) electrons. The maximum Gasteiger partial charge on any atom is 0.288 e. The van der Waals surface area contributed by atoms with Crippen LogP contribution in [0.4, 0.5) is 11.4 Å². The molecule has 16 nitrogen and oxygen atoms in total. The Kier molecular flexibility index (Phi) is 6.09. The zero-order valence-corrected chi connectivity index (χ0v) is 15.6. The van der Waals surface area contributed by atoms with Crippen LogP contribution < -0.4 is 0 Å². The van der Waals surface area contributed by atoms with Crippen LogP contribution in [0, 0.1) is 42.9 Å². The number of tetrazole rings is 2. The Bertz CT molecular complexity index is 1350. The highest BCUT2D eigenvalue weighted by atomic mass is 16.6. The van der Waals surface area contributed by atoms with Gasteiger partial charge in [0.15, 0.2) is 0 Å². The molecule has 4 rings (SSSR count). The number of hydrogen-bond donors (Lipinski definition) is 2. The summed E-state index contributed by atoms with van der Waals surface area (Å²) in [5.41, 5.74) is -0.0797. The summed E-state index contributed by atoms with van der Waals surface area (Å²) in [4.78, 5) is 20.3. The quantitative estimate of drug-likeness (QED) is 0.342. The van der Waals surface area contributed by atoms with Crippen LogP contribution in [0.3, 0.4) is 0 Å². The fraction of sp³-hybridized carbons (Fsp3) is 0. The molecule has 0 spiro atoms. The fourth-order valence-corrected chi connectivity index (χ4v) is 2.56. The standard InChI is InChI=1S/C8H5N9O2.C8H3N3O2/c18-17(19)5-3-1-2-4(7-9-13-14-10-7)6(5)8-11-15-16-12-8;9-4-6-2-1-3-8(11(12)13)7(6)5-10/h1-3H,(H,9,10,13,14)(H,11,12,15,16);1-3H. The average Bonchev–Trinajstić information content (AvgIpc) is 3.52. The molecule has 2 N–H and O–H groups in total. The molecule has 32 heavy (non-hydrogen) atoms. The summed E-state index contributed by atoms with van der Waals surface area (Å²) in [7, 11) is 0. The average molecular weight is 432 g/mol. The first kappa shape index (κ1) is 21.1. The second-order valence-electron chi connectivity index (χ2n) is 5.61. The molecule has 0 aliphatic heterocycles. The van der Waals surface area contributed by atoms with Gasteiger partial charge in [-0.1, -0.05) is 12.1 Å². The molecule has 0 amide bonds. The molecular weight excluding hydrogens is 424 g/mol. The van der Waals surface area contributed by atoms with E-state index in [4.69, 9.17) is 10.5 Å². The zero-order chi connectivity index (χ0) is 23.1. The van der Waals surface area contributed by atoms with Crippen molar-refractivity contribution < 1.29 is 9.85 Å². The lowest BCUT2D eigenvalue weighted by Crippen LogP contribution is -1.97. The minimum Gasteiger partial charge on any atom is -0.258 e. The van der Waals surface area contributed by atoms with Gasteiger partial charge in [-0.2, -0.15) is 21.0 Å². The van der Waals surface area contributed by atoms with E-state index in [0.717, 1.165) is 0 Å². The van der Waals surface area contributed by atoms with Gasteiger partial charge in [-0.15, -0.1) is 20.4 Å². The second kappa shape index (κ2) is 9.24. The molecule has 2 heterocycles. The molecule has 0 bridgehead atoms. The summed E-state index contributed by atoms with van der Waals surface area (Å²) in [6.45, 7) is 0. The number of nitrogens with zero attached hydrogens (tertiary/aromatic N) is 10. The van der Waals surface area contributed by atoms with Crippen molar-refractivity contribution in [2.45, 2.75) is 0 Å². The smallest absolute Gasteiger partial charge is 0.258 e. The van der Waals surface area contributed by atoms with Gasteiger partial charge in [-0.05, 0) is 22.6 Å². The van der Waals surface area contributed by atoms with Crippen LogP contribution in [0.25, 0.3) is 22.8 Å². The van der Waals surface area contributed by atoms with Gasteiger partial charge >= 0.3 is 0 Å². The summed E-state index contributed by atoms with van der Waals surface area (Å²) in [6.07, 6.45) is 0. The maximum absolute atomic E-state index is 11.1. The molecule has 2 aromatic carbocycles. The third-order valence-electron chi connectivity index (χ3n) is 3.87. The van der Waals surface area contributed by atoms with Crippen LogP contribution in [0.15, 0.2) is 36.4 Å². The molecule has 0 unspecified atom stereocenters. The fourth-order valence-electron chi connectivity index (χ4n) is 2.56. The van der Waals surface area contributed by atoms with Crippen molar-refractivity contribution in [2.24, 2.45) is 0 Å².